The van der Waals surface area contributed by atoms with Crippen LogP contribution in [-0.2, 0) is 13.1 Å². The van der Waals surface area contributed by atoms with E-state index in [-0.39, 0.29) is 11.7 Å². The number of hydrogen-bond donors (Lipinski definition) is 0. The smallest absolute Gasteiger partial charge is 0.258 e. The molecule has 1 aliphatic rings. The SMILES string of the molecule is CCCCn1nc(C)c(C(=O)N2CCN(Cc3cc(F)ccc3OC)CC2)c1Cl. The van der Waals surface area contributed by atoms with E-state index in [1.54, 1.807) is 17.9 Å². The number of aryl methyl sites for hydroxylation is 2. The van der Waals surface area contributed by atoms with E-state index in [4.69, 9.17) is 16.3 Å². The van der Waals surface area contributed by atoms with Crippen molar-refractivity contribution in [1.29, 1.82) is 0 Å². The summed E-state index contributed by atoms with van der Waals surface area (Å²) in [6.07, 6.45) is 2.01. The zero-order chi connectivity index (χ0) is 21.0. The average Bonchev–Trinajstić information content (AvgIpc) is 3.00. The molecule has 0 aliphatic carbocycles. The van der Waals surface area contributed by atoms with Crippen molar-refractivity contribution < 1.29 is 13.9 Å². The fourth-order valence-corrected chi connectivity index (χ4v) is 3.97. The Hall–Kier alpha value is -2.12. The Morgan fingerprint density at radius 1 is 1.28 bits per heavy atom. The lowest BCUT2D eigenvalue weighted by atomic mass is 10.1. The maximum Gasteiger partial charge on any atom is 0.258 e. The van der Waals surface area contributed by atoms with Crippen LogP contribution in [0.25, 0.3) is 0 Å². The molecular weight excluding hydrogens is 395 g/mol. The summed E-state index contributed by atoms with van der Waals surface area (Å²) in [5.41, 5.74) is 1.98. The van der Waals surface area contributed by atoms with E-state index in [2.05, 4.69) is 16.9 Å². The fourth-order valence-electron chi connectivity index (χ4n) is 3.63. The molecule has 1 amide bonds. The Labute approximate surface area is 176 Å². The van der Waals surface area contributed by atoms with Gasteiger partial charge in [0.25, 0.3) is 5.91 Å². The molecule has 3 rings (SSSR count). The summed E-state index contributed by atoms with van der Waals surface area (Å²) in [7, 11) is 1.58. The van der Waals surface area contributed by atoms with Gasteiger partial charge in [0, 0.05) is 44.8 Å². The molecule has 2 aromatic rings. The predicted octanol–water partition coefficient (Wildman–Crippen LogP) is 3.75. The molecule has 0 bridgehead atoms. The largest absolute Gasteiger partial charge is 0.496 e. The Morgan fingerprint density at radius 3 is 2.66 bits per heavy atom. The van der Waals surface area contributed by atoms with Crippen LogP contribution in [-0.4, -0.2) is 58.8 Å². The van der Waals surface area contributed by atoms with Gasteiger partial charge in [-0.05, 0) is 31.5 Å². The van der Waals surface area contributed by atoms with Crippen LogP contribution in [0.4, 0.5) is 4.39 Å². The minimum Gasteiger partial charge on any atom is -0.496 e. The van der Waals surface area contributed by atoms with Crippen LogP contribution in [0.2, 0.25) is 5.15 Å². The monoisotopic (exact) mass is 422 g/mol. The Balaban J connectivity index is 1.63. The number of unbranched alkanes of at least 4 members (excludes halogenated alkanes) is 1. The van der Waals surface area contributed by atoms with Crippen molar-refractivity contribution in [1.82, 2.24) is 19.6 Å². The van der Waals surface area contributed by atoms with Gasteiger partial charge in [-0.2, -0.15) is 5.10 Å². The maximum atomic E-state index is 13.6. The van der Waals surface area contributed by atoms with Crippen LogP contribution in [0.3, 0.4) is 0 Å². The van der Waals surface area contributed by atoms with E-state index in [1.807, 2.05) is 11.8 Å². The third kappa shape index (κ3) is 4.90. The van der Waals surface area contributed by atoms with Crippen molar-refractivity contribution in [3.63, 3.8) is 0 Å². The maximum absolute atomic E-state index is 13.6. The summed E-state index contributed by atoms with van der Waals surface area (Å²) in [5.74, 6) is 0.324. The number of amides is 1. The summed E-state index contributed by atoms with van der Waals surface area (Å²) < 4.78 is 20.7. The second-order valence-electron chi connectivity index (χ2n) is 7.35. The molecule has 1 fully saturated rings. The number of hydrogen-bond acceptors (Lipinski definition) is 4. The molecule has 8 heteroatoms. The molecule has 0 N–H and O–H groups in total. The molecule has 158 valence electrons. The average molecular weight is 423 g/mol. The normalized spacial score (nSPS) is 15.0. The standard InChI is InChI=1S/C21H28ClFN4O2/c1-4-5-8-27-20(22)19(15(2)24-27)21(28)26-11-9-25(10-12-26)14-16-13-17(23)6-7-18(16)29-3/h6-7,13H,4-5,8-12,14H2,1-3H3. The molecule has 1 aliphatic heterocycles. The first kappa shape index (κ1) is 21.6. The number of carbonyl (C=O) groups excluding carboxylic acids is 1. The molecule has 0 spiro atoms. The lowest BCUT2D eigenvalue weighted by molar-refractivity contribution is 0.0626. The second-order valence-corrected chi connectivity index (χ2v) is 7.71. The molecule has 6 nitrogen and oxygen atoms in total. The third-order valence-corrected chi connectivity index (χ3v) is 5.68. The van der Waals surface area contributed by atoms with Crippen molar-refractivity contribution in [2.24, 2.45) is 0 Å². The van der Waals surface area contributed by atoms with E-state index in [0.29, 0.717) is 61.4 Å². The van der Waals surface area contributed by atoms with Gasteiger partial charge in [0.05, 0.1) is 18.4 Å². The number of ether oxygens (including phenoxy) is 1. The lowest BCUT2D eigenvalue weighted by Crippen LogP contribution is -2.48. The zero-order valence-corrected chi connectivity index (χ0v) is 18.0. The zero-order valence-electron chi connectivity index (χ0n) is 17.3. The minimum absolute atomic E-state index is 0.0711. The van der Waals surface area contributed by atoms with E-state index >= 15 is 0 Å². The summed E-state index contributed by atoms with van der Waals surface area (Å²) in [6.45, 7) is 7.81. The molecule has 29 heavy (non-hydrogen) atoms. The van der Waals surface area contributed by atoms with Crippen LogP contribution in [0.15, 0.2) is 18.2 Å². The summed E-state index contributed by atoms with van der Waals surface area (Å²) >= 11 is 6.46. The first-order chi connectivity index (χ1) is 13.9. The number of benzene rings is 1. The molecule has 1 aromatic heterocycles. The highest BCUT2D eigenvalue weighted by Gasteiger charge is 2.28. The first-order valence-electron chi connectivity index (χ1n) is 10.0. The first-order valence-corrected chi connectivity index (χ1v) is 10.4. The van der Waals surface area contributed by atoms with Gasteiger partial charge in [-0.15, -0.1) is 0 Å². The van der Waals surface area contributed by atoms with E-state index in [0.717, 1.165) is 18.4 Å². The highest BCUT2D eigenvalue weighted by atomic mass is 35.5. The van der Waals surface area contributed by atoms with Gasteiger partial charge in [0.1, 0.15) is 16.7 Å². The van der Waals surface area contributed by atoms with Crippen molar-refractivity contribution in [3.8, 4) is 5.75 Å². The topological polar surface area (TPSA) is 50.6 Å². The van der Waals surface area contributed by atoms with E-state index in [9.17, 15) is 9.18 Å². The number of methoxy groups -OCH3 is 1. The predicted molar refractivity (Wildman–Crippen MR) is 111 cm³/mol. The third-order valence-electron chi connectivity index (χ3n) is 5.30. The summed E-state index contributed by atoms with van der Waals surface area (Å²) in [4.78, 5) is 17.1. The van der Waals surface area contributed by atoms with Gasteiger partial charge in [-0.3, -0.25) is 14.4 Å². The van der Waals surface area contributed by atoms with Gasteiger partial charge in [-0.25, -0.2) is 4.39 Å². The molecule has 0 saturated carbocycles. The highest BCUT2D eigenvalue weighted by molar-refractivity contribution is 6.33. The van der Waals surface area contributed by atoms with Crippen LogP contribution >= 0.6 is 11.6 Å². The van der Waals surface area contributed by atoms with Gasteiger partial charge >= 0.3 is 0 Å². The molecule has 1 saturated heterocycles. The van der Waals surface area contributed by atoms with Gasteiger partial charge in [-0.1, -0.05) is 24.9 Å². The Kier molecular flexibility index (Phi) is 7.14. The molecule has 0 unspecified atom stereocenters. The van der Waals surface area contributed by atoms with Gasteiger partial charge in [0.2, 0.25) is 0 Å². The van der Waals surface area contributed by atoms with Crippen LogP contribution in [0, 0.1) is 12.7 Å². The van der Waals surface area contributed by atoms with Crippen molar-refractivity contribution in [2.45, 2.75) is 39.8 Å². The Bertz CT molecular complexity index is 863. The molecule has 0 radical (unpaired) electrons. The molecule has 0 atom stereocenters. The number of nitrogens with zero attached hydrogens (tertiary/aromatic N) is 4. The molecule has 2 heterocycles. The van der Waals surface area contributed by atoms with Gasteiger partial charge < -0.3 is 9.64 Å². The lowest BCUT2D eigenvalue weighted by Gasteiger charge is -2.35. The minimum atomic E-state index is -0.278. The summed E-state index contributed by atoms with van der Waals surface area (Å²) in [6, 6.07) is 4.54. The van der Waals surface area contributed by atoms with Crippen molar-refractivity contribution >= 4 is 17.5 Å². The second kappa shape index (κ2) is 9.59. The number of carbonyl (C=O) groups is 1. The summed E-state index contributed by atoms with van der Waals surface area (Å²) in [5, 5.41) is 4.86. The highest BCUT2D eigenvalue weighted by Crippen LogP contribution is 2.24. The number of aromatic nitrogens is 2. The van der Waals surface area contributed by atoms with Crippen LogP contribution in [0.1, 0.15) is 41.4 Å². The van der Waals surface area contributed by atoms with Crippen LogP contribution < -0.4 is 4.74 Å². The fraction of sp³-hybridized carbons (Fsp3) is 0.524. The van der Waals surface area contributed by atoms with Crippen molar-refractivity contribution in [2.75, 3.05) is 33.3 Å². The van der Waals surface area contributed by atoms with Crippen molar-refractivity contribution in [3.05, 3.63) is 46.0 Å². The van der Waals surface area contributed by atoms with Crippen LogP contribution in [0.5, 0.6) is 5.75 Å². The van der Waals surface area contributed by atoms with Gasteiger partial charge in [0.15, 0.2) is 0 Å². The number of halogens is 2. The quantitative estimate of drug-likeness (QED) is 0.681. The molecular formula is C21H28ClFN4O2. The van der Waals surface area contributed by atoms with E-state index < -0.39 is 0 Å². The Morgan fingerprint density at radius 2 is 2.00 bits per heavy atom. The number of piperazine rings is 1. The van der Waals surface area contributed by atoms with E-state index in [1.165, 1.54) is 12.1 Å². The number of rotatable bonds is 7. The molecule has 1 aromatic carbocycles.